The maximum atomic E-state index is 13.8. The van der Waals surface area contributed by atoms with E-state index in [4.69, 9.17) is 4.74 Å². The summed E-state index contributed by atoms with van der Waals surface area (Å²) in [7, 11) is 0. The highest BCUT2D eigenvalue weighted by molar-refractivity contribution is 5.68. The van der Waals surface area contributed by atoms with Gasteiger partial charge in [-0.3, -0.25) is 0 Å². The van der Waals surface area contributed by atoms with Crippen LogP contribution in [0.1, 0.15) is 20.8 Å². The van der Waals surface area contributed by atoms with Gasteiger partial charge in [0.05, 0.1) is 5.69 Å². The Hall–Kier alpha value is -2.05. The molecule has 1 heterocycles. The predicted octanol–water partition coefficient (Wildman–Crippen LogP) is 2.73. The number of carbonyl (C=O) groups excluding carboxylic acids is 1. The zero-order valence-corrected chi connectivity index (χ0v) is 12.9. The fraction of sp³-hybridized carbons (Fsp3) is 0.533. The number of hydrogen-bond donors (Lipinski definition) is 1. The highest BCUT2D eigenvalue weighted by atomic mass is 19.1. The van der Waals surface area contributed by atoms with Gasteiger partial charge in [0.15, 0.2) is 11.6 Å². The second kappa shape index (κ2) is 5.98. The summed E-state index contributed by atoms with van der Waals surface area (Å²) in [6.45, 7) is 6.86. The Kier molecular flexibility index (Phi) is 4.44. The minimum atomic E-state index is -0.992. The first-order valence-corrected chi connectivity index (χ1v) is 7.08. The maximum Gasteiger partial charge on any atom is 0.410 e. The predicted molar refractivity (Wildman–Crippen MR) is 78.0 cm³/mol. The van der Waals surface area contributed by atoms with Gasteiger partial charge in [-0.25, -0.2) is 13.6 Å². The number of ether oxygens (including phenoxy) is 1. The molecule has 22 heavy (non-hydrogen) atoms. The molecule has 122 valence electrons. The van der Waals surface area contributed by atoms with Gasteiger partial charge in [-0.1, -0.05) is 0 Å². The molecule has 0 atom stereocenters. The van der Waals surface area contributed by atoms with Gasteiger partial charge in [-0.15, -0.1) is 0 Å². The van der Waals surface area contributed by atoms with Crippen molar-refractivity contribution in [2.24, 2.45) is 0 Å². The van der Waals surface area contributed by atoms with Crippen molar-refractivity contribution in [2.75, 3.05) is 31.1 Å². The van der Waals surface area contributed by atoms with Crippen molar-refractivity contribution in [3.63, 3.8) is 0 Å². The molecule has 0 saturated carbocycles. The van der Waals surface area contributed by atoms with E-state index in [0.29, 0.717) is 32.2 Å². The molecule has 1 aliphatic rings. The van der Waals surface area contributed by atoms with Gasteiger partial charge in [0.1, 0.15) is 11.4 Å². The topological polar surface area (TPSA) is 53.0 Å². The molecule has 1 amide bonds. The summed E-state index contributed by atoms with van der Waals surface area (Å²) in [4.78, 5) is 15.2. The Morgan fingerprint density at radius 3 is 2.27 bits per heavy atom. The SMILES string of the molecule is CC(C)(C)OC(=O)N1CCN(c2cc(O)c(F)cc2F)CC1. The summed E-state index contributed by atoms with van der Waals surface area (Å²) in [5, 5.41) is 9.37. The van der Waals surface area contributed by atoms with E-state index in [2.05, 4.69) is 0 Å². The van der Waals surface area contributed by atoms with E-state index in [1.807, 2.05) is 0 Å². The molecule has 1 aromatic carbocycles. The monoisotopic (exact) mass is 314 g/mol. The van der Waals surface area contributed by atoms with Crippen LogP contribution in [0.25, 0.3) is 0 Å². The van der Waals surface area contributed by atoms with Crippen LogP contribution in [0.4, 0.5) is 19.3 Å². The molecule has 7 heteroatoms. The molecule has 1 N–H and O–H groups in total. The lowest BCUT2D eigenvalue weighted by Crippen LogP contribution is -2.50. The van der Waals surface area contributed by atoms with Gasteiger partial charge < -0.3 is 19.6 Å². The lowest BCUT2D eigenvalue weighted by Gasteiger charge is -2.36. The first-order valence-electron chi connectivity index (χ1n) is 7.08. The second-order valence-electron chi connectivity index (χ2n) is 6.21. The van der Waals surface area contributed by atoms with Gasteiger partial charge in [0, 0.05) is 38.3 Å². The minimum Gasteiger partial charge on any atom is -0.505 e. The standard InChI is InChI=1S/C15H20F2N2O3/c1-15(2,3)22-14(21)19-6-4-18(5-7-19)12-9-13(20)11(17)8-10(12)16/h8-9,20H,4-7H2,1-3H3. The summed E-state index contributed by atoms with van der Waals surface area (Å²) in [6, 6.07) is 1.72. The molecular weight excluding hydrogens is 294 g/mol. The van der Waals surface area contributed by atoms with Gasteiger partial charge in [0.2, 0.25) is 0 Å². The van der Waals surface area contributed by atoms with Crippen molar-refractivity contribution >= 4 is 11.8 Å². The number of nitrogens with zero attached hydrogens (tertiary/aromatic N) is 2. The van der Waals surface area contributed by atoms with E-state index >= 15 is 0 Å². The van der Waals surface area contributed by atoms with E-state index in [-0.39, 0.29) is 5.69 Å². The molecule has 1 fully saturated rings. The molecule has 0 radical (unpaired) electrons. The van der Waals surface area contributed by atoms with Crippen molar-refractivity contribution in [1.29, 1.82) is 0 Å². The largest absolute Gasteiger partial charge is 0.505 e. The molecule has 0 bridgehead atoms. The molecule has 0 unspecified atom stereocenters. The highest BCUT2D eigenvalue weighted by Crippen LogP contribution is 2.28. The lowest BCUT2D eigenvalue weighted by molar-refractivity contribution is 0.0240. The smallest absolute Gasteiger partial charge is 0.410 e. The van der Waals surface area contributed by atoms with Crippen LogP contribution in [0.15, 0.2) is 12.1 Å². The quantitative estimate of drug-likeness (QED) is 0.866. The highest BCUT2D eigenvalue weighted by Gasteiger charge is 2.27. The number of hydrogen-bond acceptors (Lipinski definition) is 4. The van der Waals surface area contributed by atoms with Crippen LogP contribution in [-0.4, -0.2) is 47.9 Å². The number of rotatable bonds is 1. The number of anilines is 1. The van der Waals surface area contributed by atoms with Crippen molar-refractivity contribution in [3.05, 3.63) is 23.8 Å². The Balaban J connectivity index is 2.01. The number of aromatic hydroxyl groups is 1. The summed E-state index contributed by atoms with van der Waals surface area (Å²) < 4.78 is 32.2. The third kappa shape index (κ3) is 3.78. The Bertz CT molecular complexity index is 565. The Morgan fingerprint density at radius 2 is 1.73 bits per heavy atom. The van der Waals surface area contributed by atoms with Crippen LogP contribution in [-0.2, 0) is 4.74 Å². The first-order chi connectivity index (χ1) is 10.2. The molecular formula is C15H20F2N2O3. The van der Waals surface area contributed by atoms with Crippen LogP contribution >= 0.6 is 0 Å². The van der Waals surface area contributed by atoms with E-state index in [1.165, 1.54) is 0 Å². The number of benzene rings is 1. The van der Waals surface area contributed by atoms with Crippen LogP contribution in [0.3, 0.4) is 0 Å². The van der Waals surface area contributed by atoms with Gasteiger partial charge in [-0.2, -0.15) is 0 Å². The van der Waals surface area contributed by atoms with Gasteiger partial charge >= 0.3 is 6.09 Å². The zero-order valence-electron chi connectivity index (χ0n) is 12.9. The fourth-order valence-corrected chi connectivity index (χ4v) is 2.23. The molecule has 1 aromatic rings. The first kappa shape index (κ1) is 16.3. The average Bonchev–Trinajstić information content (AvgIpc) is 2.41. The van der Waals surface area contributed by atoms with Crippen molar-refractivity contribution in [2.45, 2.75) is 26.4 Å². The minimum absolute atomic E-state index is 0.128. The third-order valence-electron chi connectivity index (χ3n) is 3.29. The van der Waals surface area contributed by atoms with Crippen LogP contribution in [0, 0.1) is 11.6 Å². The number of halogens is 2. The number of phenolic OH excluding ortho intramolecular Hbond substituents is 1. The average molecular weight is 314 g/mol. The zero-order chi connectivity index (χ0) is 16.5. The number of carbonyl (C=O) groups is 1. The van der Waals surface area contributed by atoms with Crippen molar-refractivity contribution in [3.8, 4) is 5.75 Å². The van der Waals surface area contributed by atoms with E-state index in [0.717, 1.165) is 6.07 Å². The number of piperazine rings is 1. The second-order valence-corrected chi connectivity index (χ2v) is 6.21. The van der Waals surface area contributed by atoms with Crippen molar-refractivity contribution in [1.82, 2.24) is 4.90 Å². The molecule has 1 saturated heterocycles. The normalized spacial score (nSPS) is 15.9. The lowest BCUT2D eigenvalue weighted by atomic mass is 10.2. The van der Waals surface area contributed by atoms with Crippen molar-refractivity contribution < 1.29 is 23.4 Å². The van der Waals surface area contributed by atoms with Crippen LogP contribution in [0.5, 0.6) is 5.75 Å². The number of phenols is 1. The molecule has 2 rings (SSSR count). The van der Waals surface area contributed by atoms with Gasteiger partial charge in [-0.05, 0) is 20.8 Å². The molecule has 0 spiro atoms. The summed E-state index contributed by atoms with van der Waals surface area (Å²) in [5.41, 5.74) is -0.439. The summed E-state index contributed by atoms with van der Waals surface area (Å²) in [5.74, 6) is -2.32. The van der Waals surface area contributed by atoms with Crippen LogP contribution < -0.4 is 4.90 Å². The third-order valence-corrected chi connectivity index (χ3v) is 3.29. The van der Waals surface area contributed by atoms with E-state index < -0.39 is 29.1 Å². The molecule has 1 aliphatic heterocycles. The molecule has 5 nitrogen and oxygen atoms in total. The summed E-state index contributed by atoms with van der Waals surface area (Å²) in [6.07, 6.45) is -0.408. The van der Waals surface area contributed by atoms with E-state index in [1.54, 1.807) is 30.6 Å². The molecule has 0 aliphatic carbocycles. The van der Waals surface area contributed by atoms with Gasteiger partial charge in [0.25, 0.3) is 0 Å². The number of amides is 1. The fourth-order valence-electron chi connectivity index (χ4n) is 2.23. The molecule has 0 aromatic heterocycles. The maximum absolute atomic E-state index is 13.8. The summed E-state index contributed by atoms with van der Waals surface area (Å²) >= 11 is 0. The van der Waals surface area contributed by atoms with E-state index in [9.17, 15) is 18.7 Å². The Labute approximate surface area is 128 Å². The Morgan fingerprint density at radius 1 is 1.14 bits per heavy atom. The van der Waals surface area contributed by atoms with Crippen LogP contribution in [0.2, 0.25) is 0 Å².